The molecule has 1 N–H and O–H groups in total. The number of carbonyl (C=O) groups excluding carboxylic acids is 2. The lowest BCUT2D eigenvalue weighted by molar-refractivity contribution is -0.127. The summed E-state index contributed by atoms with van der Waals surface area (Å²) in [5.74, 6) is -0.233. The van der Waals surface area contributed by atoms with Gasteiger partial charge in [0.05, 0.1) is 5.39 Å². The smallest absolute Gasteiger partial charge is 0.287 e. The fourth-order valence-corrected chi connectivity index (χ4v) is 2.72. The minimum Gasteiger partial charge on any atom is -0.451 e. The van der Waals surface area contributed by atoms with Crippen molar-refractivity contribution in [2.24, 2.45) is 0 Å². The molecule has 1 aliphatic heterocycles. The summed E-state index contributed by atoms with van der Waals surface area (Å²) in [7, 11) is 0. The van der Waals surface area contributed by atoms with Crippen molar-refractivity contribution in [1.29, 1.82) is 0 Å². The van der Waals surface area contributed by atoms with Gasteiger partial charge in [-0.15, -0.1) is 0 Å². The molecule has 0 unspecified atom stereocenters. The van der Waals surface area contributed by atoms with Crippen molar-refractivity contribution in [1.82, 2.24) is 10.2 Å². The molecule has 1 aliphatic rings. The Hall–Kier alpha value is -2.63. The number of hydrogen-bond acceptors (Lipinski definition) is 4. The maximum Gasteiger partial charge on any atom is 0.287 e. The Morgan fingerprint density at radius 2 is 2.09 bits per heavy atom. The summed E-state index contributed by atoms with van der Waals surface area (Å²) in [6.07, 6.45) is 2.21. The van der Waals surface area contributed by atoms with Gasteiger partial charge in [0.2, 0.25) is 5.91 Å². The number of nitrogens with zero attached hydrogens (tertiary/aromatic N) is 1. The van der Waals surface area contributed by atoms with Crippen molar-refractivity contribution >= 4 is 22.8 Å². The van der Waals surface area contributed by atoms with Crippen LogP contribution in [0.2, 0.25) is 0 Å². The van der Waals surface area contributed by atoms with Crippen LogP contribution in [0.5, 0.6) is 0 Å². The van der Waals surface area contributed by atoms with Crippen molar-refractivity contribution in [3.63, 3.8) is 0 Å². The largest absolute Gasteiger partial charge is 0.451 e. The SMILES string of the molecule is O=C(NCCCN1CCCC1=O)c1cc(=O)c2ccccc2o1. The average Bonchev–Trinajstić information content (AvgIpc) is 2.96. The third-order valence-corrected chi connectivity index (χ3v) is 3.92. The predicted molar refractivity (Wildman–Crippen MR) is 85.2 cm³/mol. The first-order valence-corrected chi connectivity index (χ1v) is 7.74. The average molecular weight is 314 g/mol. The van der Waals surface area contributed by atoms with Crippen molar-refractivity contribution in [2.75, 3.05) is 19.6 Å². The highest BCUT2D eigenvalue weighted by Crippen LogP contribution is 2.12. The Morgan fingerprint density at radius 3 is 2.87 bits per heavy atom. The van der Waals surface area contributed by atoms with Gasteiger partial charge in [-0.25, -0.2) is 0 Å². The van der Waals surface area contributed by atoms with Crippen molar-refractivity contribution < 1.29 is 14.0 Å². The molecule has 1 aromatic carbocycles. The van der Waals surface area contributed by atoms with Crippen LogP contribution in [0.1, 0.15) is 29.8 Å². The third kappa shape index (κ3) is 3.41. The molecule has 1 aromatic heterocycles. The molecule has 2 aromatic rings. The van der Waals surface area contributed by atoms with E-state index in [1.54, 1.807) is 24.3 Å². The summed E-state index contributed by atoms with van der Waals surface area (Å²) < 4.78 is 5.48. The van der Waals surface area contributed by atoms with Gasteiger partial charge in [0.1, 0.15) is 5.58 Å². The number of likely N-dealkylation sites (tertiary alicyclic amines) is 1. The molecular weight excluding hydrogens is 296 g/mol. The highest BCUT2D eigenvalue weighted by molar-refractivity contribution is 5.93. The van der Waals surface area contributed by atoms with Gasteiger partial charge in [-0.3, -0.25) is 14.4 Å². The van der Waals surface area contributed by atoms with Crippen LogP contribution in [0.15, 0.2) is 39.5 Å². The number of hydrogen-bond donors (Lipinski definition) is 1. The zero-order valence-electron chi connectivity index (χ0n) is 12.7. The standard InChI is InChI=1S/C17H18N2O4/c20-13-11-15(23-14-6-2-1-5-12(13)14)17(22)18-8-4-10-19-9-3-7-16(19)21/h1-2,5-6,11H,3-4,7-10H2,(H,18,22). The molecule has 0 bridgehead atoms. The molecule has 2 heterocycles. The Balaban J connectivity index is 1.58. The first-order chi connectivity index (χ1) is 11.1. The fourth-order valence-electron chi connectivity index (χ4n) is 2.72. The van der Waals surface area contributed by atoms with E-state index < -0.39 is 5.91 Å². The zero-order chi connectivity index (χ0) is 16.2. The van der Waals surface area contributed by atoms with E-state index in [4.69, 9.17) is 4.42 Å². The highest BCUT2D eigenvalue weighted by Gasteiger charge is 2.19. The lowest BCUT2D eigenvalue weighted by atomic mass is 10.2. The number of benzene rings is 1. The quantitative estimate of drug-likeness (QED) is 0.849. The molecule has 2 amide bonds. The van der Waals surface area contributed by atoms with E-state index in [0.29, 0.717) is 36.9 Å². The van der Waals surface area contributed by atoms with Crippen LogP contribution in [0, 0.1) is 0 Å². The van der Waals surface area contributed by atoms with Crippen molar-refractivity contribution in [2.45, 2.75) is 19.3 Å². The molecule has 120 valence electrons. The zero-order valence-corrected chi connectivity index (χ0v) is 12.7. The molecule has 0 saturated carbocycles. The van der Waals surface area contributed by atoms with E-state index >= 15 is 0 Å². The van der Waals surface area contributed by atoms with E-state index in [1.807, 2.05) is 4.90 Å². The number of fused-ring (bicyclic) bond motifs is 1. The number of amides is 2. The van der Waals surface area contributed by atoms with Crippen LogP contribution in [0.25, 0.3) is 11.0 Å². The van der Waals surface area contributed by atoms with Crippen LogP contribution in [-0.4, -0.2) is 36.3 Å². The lowest BCUT2D eigenvalue weighted by Crippen LogP contribution is -2.30. The Labute approximate surface area is 133 Å². The van der Waals surface area contributed by atoms with Gasteiger partial charge in [-0.1, -0.05) is 12.1 Å². The maximum atomic E-state index is 12.1. The van der Waals surface area contributed by atoms with Gasteiger partial charge in [0, 0.05) is 32.1 Å². The van der Waals surface area contributed by atoms with Crippen LogP contribution in [0.3, 0.4) is 0 Å². The summed E-state index contributed by atoms with van der Waals surface area (Å²) in [6, 6.07) is 8.03. The van der Waals surface area contributed by atoms with E-state index in [-0.39, 0.29) is 17.1 Å². The van der Waals surface area contributed by atoms with E-state index in [9.17, 15) is 14.4 Å². The molecule has 0 radical (unpaired) electrons. The molecule has 0 atom stereocenters. The van der Waals surface area contributed by atoms with Crippen LogP contribution in [0.4, 0.5) is 0 Å². The van der Waals surface area contributed by atoms with E-state index in [2.05, 4.69) is 5.32 Å². The van der Waals surface area contributed by atoms with Gasteiger partial charge in [0.15, 0.2) is 11.2 Å². The second kappa shape index (κ2) is 6.64. The minimum atomic E-state index is -0.416. The van der Waals surface area contributed by atoms with Gasteiger partial charge >= 0.3 is 0 Å². The molecule has 23 heavy (non-hydrogen) atoms. The van der Waals surface area contributed by atoms with Gasteiger partial charge < -0.3 is 14.6 Å². The Bertz CT molecular complexity index is 797. The first-order valence-electron chi connectivity index (χ1n) is 7.74. The van der Waals surface area contributed by atoms with Crippen LogP contribution in [-0.2, 0) is 4.79 Å². The first kappa shape index (κ1) is 15.3. The number of carbonyl (C=O) groups is 2. The van der Waals surface area contributed by atoms with Crippen LogP contribution < -0.4 is 10.7 Å². The predicted octanol–water partition coefficient (Wildman–Crippen LogP) is 1.54. The lowest BCUT2D eigenvalue weighted by Gasteiger charge is -2.15. The summed E-state index contributed by atoms with van der Waals surface area (Å²) >= 11 is 0. The summed E-state index contributed by atoms with van der Waals surface area (Å²) in [5.41, 5.74) is 0.160. The second-order valence-electron chi connectivity index (χ2n) is 5.56. The molecule has 1 saturated heterocycles. The van der Waals surface area contributed by atoms with Gasteiger partial charge in [0.25, 0.3) is 5.91 Å². The number of rotatable bonds is 5. The van der Waals surface area contributed by atoms with Gasteiger partial charge in [-0.2, -0.15) is 0 Å². The topological polar surface area (TPSA) is 79.6 Å². The summed E-state index contributed by atoms with van der Waals surface area (Å²) in [4.78, 5) is 37.3. The minimum absolute atomic E-state index is 0.00551. The molecular formula is C17H18N2O4. The molecule has 0 spiro atoms. The maximum absolute atomic E-state index is 12.1. The molecule has 0 aliphatic carbocycles. The summed E-state index contributed by atoms with van der Waals surface area (Å²) in [6.45, 7) is 1.87. The molecule has 6 heteroatoms. The normalized spacial score (nSPS) is 14.4. The third-order valence-electron chi connectivity index (χ3n) is 3.92. The summed E-state index contributed by atoms with van der Waals surface area (Å²) in [5, 5.41) is 3.18. The second-order valence-corrected chi connectivity index (χ2v) is 5.56. The Morgan fingerprint density at radius 1 is 1.26 bits per heavy atom. The van der Waals surface area contributed by atoms with Gasteiger partial charge in [-0.05, 0) is 25.0 Å². The van der Waals surface area contributed by atoms with E-state index in [0.717, 1.165) is 13.0 Å². The van der Waals surface area contributed by atoms with Crippen molar-refractivity contribution in [3.05, 3.63) is 46.3 Å². The van der Waals surface area contributed by atoms with Crippen LogP contribution >= 0.6 is 0 Å². The molecule has 6 nitrogen and oxygen atoms in total. The van der Waals surface area contributed by atoms with Crippen molar-refractivity contribution in [3.8, 4) is 0 Å². The molecule has 3 rings (SSSR count). The monoisotopic (exact) mass is 314 g/mol. The Kier molecular flexibility index (Phi) is 4.41. The number of para-hydroxylation sites is 1. The fraction of sp³-hybridized carbons (Fsp3) is 0.353. The highest BCUT2D eigenvalue weighted by atomic mass is 16.3. The number of nitrogens with one attached hydrogen (secondary N) is 1. The molecule has 1 fully saturated rings. The van der Waals surface area contributed by atoms with E-state index in [1.165, 1.54) is 6.07 Å².